The summed E-state index contributed by atoms with van der Waals surface area (Å²) in [5.41, 5.74) is 0. The van der Waals surface area contributed by atoms with Gasteiger partial charge in [0.2, 0.25) is 5.91 Å². The molecule has 5 heteroatoms. The van der Waals surface area contributed by atoms with Crippen molar-refractivity contribution in [1.82, 2.24) is 10.6 Å². The summed E-state index contributed by atoms with van der Waals surface area (Å²) in [6.45, 7) is 3.85. The van der Waals surface area contributed by atoms with Crippen LogP contribution in [-0.4, -0.2) is 51.0 Å². The fourth-order valence-electron chi connectivity index (χ4n) is 2.06. The number of carbonyl (C=O) groups excluding carboxylic acids is 1. The Morgan fingerprint density at radius 2 is 2.19 bits per heavy atom. The van der Waals surface area contributed by atoms with E-state index in [9.17, 15) is 4.79 Å². The summed E-state index contributed by atoms with van der Waals surface area (Å²) in [6, 6.07) is 0. The van der Waals surface area contributed by atoms with Crippen molar-refractivity contribution in [2.24, 2.45) is 0 Å². The van der Waals surface area contributed by atoms with Crippen LogP contribution in [0.4, 0.5) is 0 Å². The van der Waals surface area contributed by atoms with Crippen LogP contribution >= 0.6 is 0 Å². The first-order chi connectivity index (χ1) is 7.84. The maximum Gasteiger partial charge on any atom is 0.222 e. The van der Waals surface area contributed by atoms with E-state index in [0.29, 0.717) is 13.0 Å². The molecule has 1 amide bonds. The molecule has 0 saturated carbocycles. The topological polar surface area (TPSA) is 59.6 Å². The second kappa shape index (κ2) is 6.18. The smallest absolute Gasteiger partial charge is 0.222 e. The van der Waals surface area contributed by atoms with Crippen molar-refractivity contribution in [3.63, 3.8) is 0 Å². The minimum Gasteiger partial charge on any atom is -0.378 e. The Balaban J connectivity index is 1.59. The molecule has 2 unspecified atom stereocenters. The Morgan fingerprint density at radius 3 is 2.88 bits per heavy atom. The number of morpholine rings is 1. The number of hydrogen-bond donors (Lipinski definition) is 2. The summed E-state index contributed by atoms with van der Waals surface area (Å²) in [5, 5.41) is 6.13. The van der Waals surface area contributed by atoms with Gasteiger partial charge in [0.1, 0.15) is 0 Å². The molecule has 2 aliphatic heterocycles. The molecule has 2 fully saturated rings. The Hall–Kier alpha value is -0.650. The van der Waals surface area contributed by atoms with Gasteiger partial charge in [0.15, 0.2) is 0 Å². The lowest BCUT2D eigenvalue weighted by Gasteiger charge is -2.23. The lowest BCUT2D eigenvalue weighted by molar-refractivity contribution is -0.124. The second-order valence-electron chi connectivity index (χ2n) is 4.34. The molecule has 2 heterocycles. The monoisotopic (exact) mass is 228 g/mol. The van der Waals surface area contributed by atoms with E-state index < -0.39 is 0 Å². The third kappa shape index (κ3) is 3.73. The Kier molecular flexibility index (Phi) is 4.56. The fraction of sp³-hybridized carbons (Fsp3) is 0.909. The average Bonchev–Trinajstić information content (AvgIpc) is 2.81. The van der Waals surface area contributed by atoms with Gasteiger partial charge in [-0.15, -0.1) is 0 Å². The van der Waals surface area contributed by atoms with Crippen LogP contribution in [0, 0.1) is 0 Å². The fourth-order valence-corrected chi connectivity index (χ4v) is 2.06. The number of rotatable bonds is 4. The number of ether oxygens (including phenoxy) is 2. The highest BCUT2D eigenvalue weighted by molar-refractivity contribution is 5.76. The summed E-state index contributed by atoms with van der Waals surface area (Å²) >= 11 is 0. The van der Waals surface area contributed by atoms with Crippen molar-refractivity contribution < 1.29 is 14.3 Å². The van der Waals surface area contributed by atoms with E-state index in [4.69, 9.17) is 9.47 Å². The van der Waals surface area contributed by atoms with Gasteiger partial charge in [-0.05, 0) is 12.8 Å². The molecule has 0 aromatic rings. The van der Waals surface area contributed by atoms with Crippen molar-refractivity contribution in [2.75, 3.05) is 32.8 Å². The van der Waals surface area contributed by atoms with Crippen molar-refractivity contribution in [2.45, 2.75) is 31.5 Å². The van der Waals surface area contributed by atoms with E-state index in [1.807, 2.05) is 0 Å². The molecule has 0 aromatic heterocycles. The molecule has 16 heavy (non-hydrogen) atoms. The van der Waals surface area contributed by atoms with Crippen LogP contribution in [0.1, 0.15) is 19.3 Å². The molecule has 0 aromatic carbocycles. The van der Waals surface area contributed by atoms with Crippen LogP contribution in [0.5, 0.6) is 0 Å². The third-order valence-corrected chi connectivity index (χ3v) is 2.97. The van der Waals surface area contributed by atoms with Gasteiger partial charge in [0, 0.05) is 26.2 Å². The summed E-state index contributed by atoms with van der Waals surface area (Å²) < 4.78 is 10.9. The minimum absolute atomic E-state index is 0.0704. The first kappa shape index (κ1) is 11.8. The van der Waals surface area contributed by atoms with Crippen LogP contribution in [-0.2, 0) is 14.3 Å². The van der Waals surface area contributed by atoms with E-state index in [-0.39, 0.29) is 18.1 Å². The second-order valence-corrected chi connectivity index (χ2v) is 4.34. The van der Waals surface area contributed by atoms with Gasteiger partial charge < -0.3 is 20.1 Å². The molecule has 0 radical (unpaired) electrons. The van der Waals surface area contributed by atoms with Crippen LogP contribution in [0.15, 0.2) is 0 Å². The van der Waals surface area contributed by atoms with Gasteiger partial charge in [0.05, 0.1) is 25.2 Å². The highest BCUT2D eigenvalue weighted by Gasteiger charge is 2.20. The average molecular weight is 228 g/mol. The highest BCUT2D eigenvalue weighted by atomic mass is 16.5. The molecule has 0 bridgehead atoms. The Morgan fingerprint density at radius 1 is 1.31 bits per heavy atom. The van der Waals surface area contributed by atoms with Crippen molar-refractivity contribution >= 4 is 5.91 Å². The van der Waals surface area contributed by atoms with E-state index in [1.165, 1.54) is 0 Å². The van der Waals surface area contributed by atoms with Gasteiger partial charge in [-0.1, -0.05) is 0 Å². The summed E-state index contributed by atoms with van der Waals surface area (Å²) in [7, 11) is 0. The number of hydrogen-bond acceptors (Lipinski definition) is 4. The zero-order chi connectivity index (χ0) is 11.2. The molecule has 2 saturated heterocycles. The Labute approximate surface area is 95.9 Å². The van der Waals surface area contributed by atoms with E-state index >= 15 is 0 Å². The molecular weight excluding hydrogens is 208 g/mol. The molecule has 0 aliphatic carbocycles. The van der Waals surface area contributed by atoms with Crippen LogP contribution in [0.25, 0.3) is 0 Å². The lowest BCUT2D eigenvalue weighted by atomic mass is 10.2. The third-order valence-electron chi connectivity index (χ3n) is 2.97. The molecule has 92 valence electrons. The molecule has 5 nitrogen and oxygen atoms in total. The van der Waals surface area contributed by atoms with Crippen molar-refractivity contribution in [3.05, 3.63) is 0 Å². The quantitative estimate of drug-likeness (QED) is 0.691. The largest absolute Gasteiger partial charge is 0.378 e. The van der Waals surface area contributed by atoms with Crippen LogP contribution in [0.3, 0.4) is 0 Å². The molecule has 0 spiro atoms. The van der Waals surface area contributed by atoms with Crippen LogP contribution in [0.2, 0.25) is 0 Å². The number of nitrogens with one attached hydrogen (secondary N) is 2. The van der Waals surface area contributed by atoms with Crippen molar-refractivity contribution in [1.29, 1.82) is 0 Å². The standard InChI is InChI=1S/C11H20N2O3/c14-11(6-9-2-1-4-15-9)13-8-10-7-12-3-5-16-10/h9-10,12H,1-8H2,(H,13,14). The normalized spacial score (nSPS) is 30.2. The molecular formula is C11H20N2O3. The number of amides is 1. The van der Waals surface area contributed by atoms with Gasteiger partial charge in [0.25, 0.3) is 0 Å². The maximum atomic E-state index is 11.6. The number of carbonyl (C=O) groups is 1. The SMILES string of the molecule is O=C(CC1CCCO1)NCC1CNCCO1. The summed E-state index contributed by atoms with van der Waals surface area (Å²) in [6.07, 6.45) is 2.82. The van der Waals surface area contributed by atoms with Crippen molar-refractivity contribution in [3.8, 4) is 0 Å². The molecule has 2 rings (SSSR count). The van der Waals surface area contributed by atoms with Gasteiger partial charge >= 0.3 is 0 Å². The predicted octanol–water partition coefficient (Wildman–Crippen LogP) is -0.340. The first-order valence-corrected chi connectivity index (χ1v) is 6.05. The molecule has 2 aliphatic rings. The zero-order valence-electron chi connectivity index (χ0n) is 9.54. The highest BCUT2D eigenvalue weighted by Crippen LogP contribution is 2.14. The zero-order valence-corrected chi connectivity index (χ0v) is 9.54. The molecule has 2 N–H and O–H groups in total. The molecule has 2 atom stereocenters. The first-order valence-electron chi connectivity index (χ1n) is 6.05. The Bertz CT molecular complexity index is 223. The minimum atomic E-state index is 0.0704. The van der Waals surface area contributed by atoms with Gasteiger partial charge in [-0.2, -0.15) is 0 Å². The van der Waals surface area contributed by atoms with Gasteiger partial charge in [-0.3, -0.25) is 4.79 Å². The maximum absolute atomic E-state index is 11.6. The summed E-state index contributed by atoms with van der Waals surface area (Å²) in [4.78, 5) is 11.6. The lowest BCUT2D eigenvalue weighted by Crippen LogP contribution is -2.45. The van der Waals surface area contributed by atoms with Crippen LogP contribution < -0.4 is 10.6 Å². The summed E-state index contributed by atoms with van der Waals surface area (Å²) in [5.74, 6) is 0.0704. The van der Waals surface area contributed by atoms with Gasteiger partial charge in [-0.25, -0.2) is 0 Å². The van der Waals surface area contributed by atoms with E-state index in [0.717, 1.165) is 39.1 Å². The van der Waals surface area contributed by atoms with E-state index in [2.05, 4.69) is 10.6 Å². The predicted molar refractivity (Wildman–Crippen MR) is 59.2 cm³/mol. The van der Waals surface area contributed by atoms with E-state index in [1.54, 1.807) is 0 Å².